The van der Waals surface area contributed by atoms with Gasteiger partial charge in [-0.2, -0.15) is 0 Å². The first-order valence-corrected chi connectivity index (χ1v) is 9.63. The number of aryl methyl sites for hydroxylation is 1. The molecule has 4 aromatic rings. The smallest absolute Gasteiger partial charge is 0.274 e. The summed E-state index contributed by atoms with van der Waals surface area (Å²) in [4.78, 5) is 16.5. The predicted molar refractivity (Wildman–Crippen MR) is 104 cm³/mol. The number of amides is 1. The fourth-order valence-corrected chi connectivity index (χ4v) is 4.48. The summed E-state index contributed by atoms with van der Waals surface area (Å²) in [6, 6.07) is 15.3. The summed E-state index contributed by atoms with van der Waals surface area (Å²) in [5, 5.41) is 18.7. The van der Waals surface area contributed by atoms with E-state index in [1.807, 2.05) is 48.5 Å². The number of rotatable bonds is 4. The lowest BCUT2D eigenvalue weighted by molar-refractivity contribution is -0.115. The second-order valence-corrected chi connectivity index (χ2v) is 7.83. The molecule has 2 aromatic carbocycles. The lowest BCUT2D eigenvalue weighted by Gasteiger charge is -1.95. The van der Waals surface area contributed by atoms with Crippen LogP contribution in [0.2, 0.25) is 0 Å². The average molecular weight is 382 g/mol. The van der Waals surface area contributed by atoms with E-state index in [0.29, 0.717) is 5.69 Å². The molecular formula is C18H14N4O2S2. The Bertz CT molecular complexity index is 1110. The van der Waals surface area contributed by atoms with E-state index in [-0.39, 0.29) is 17.5 Å². The summed E-state index contributed by atoms with van der Waals surface area (Å²) >= 11 is 2.88. The van der Waals surface area contributed by atoms with Gasteiger partial charge in [-0.3, -0.25) is 4.79 Å². The van der Waals surface area contributed by atoms with Crippen molar-refractivity contribution in [2.75, 3.05) is 5.75 Å². The molecule has 0 aliphatic rings. The quantitative estimate of drug-likeness (QED) is 0.402. The zero-order chi connectivity index (χ0) is 18.1. The SMILES string of the molecule is Cn1c(O)c(N=NC(=O)CSc2nc3ccccc3s2)c2ccccc21. The molecule has 0 saturated heterocycles. The minimum absolute atomic E-state index is 0.0124. The number of fused-ring (bicyclic) bond motifs is 2. The topological polar surface area (TPSA) is 79.8 Å². The van der Waals surface area contributed by atoms with Crippen LogP contribution in [0.3, 0.4) is 0 Å². The first-order valence-electron chi connectivity index (χ1n) is 7.83. The number of hydrogen-bond donors (Lipinski definition) is 1. The first-order chi connectivity index (χ1) is 12.6. The second-order valence-electron chi connectivity index (χ2n) is 5.58. The number of carbonyl (C=O) groups is 1. The minimum atomic E-state index is -0.374. The van der Waals surface area contributed by atoms with Crippen LogP contribution in [0.5, 0.6) is 5.88 Å². The Kier molecular flexibility index (Phi) is 4.44. The number of carbonyl (C=O) groups excluding carboxylic acids is 1. The molecule has 1 amide bonds. The van der Waals surface area contributed by atoms with E-state index in [4.69, 9.17) is 0 Å². The number of nitrogens with zero attached hydrogens (tertiary/aromatic N) is 4. The minimum Gasteiger partial charge on any atom is -0.493 e. The summed E-state index contributed by atoms with van der Waals surface area (Å²) in [6.45, 7) is 0. The maximum atomic E-state index is 12.1. The zero-order valence-electron chi connectivity index (χ0n) is 13.8. The maximum Gasteiger partial charge on any atom is 0.274 e. The molecule has 2 heterocycles. The number of aromatic hydroxyl groups is 1. The van der Waals surface area contributed by atoms with Crippen LogP contribution >= 0.6 is 23.1 Å². The van der Waals surface area contributed by atoms with Gasteiger partial charge in [-0.15, -0.1) is 21.6 Å². The zero-order valence-corrected chi connectivity index (χ0v) is 15.4. The van der Waals surface area contributed by atoms with E-state index in [2.05, 4.69) is 15.2 Å². The van der Waals surface area contributed by atoms with E-state index in [9.17, 15) is 9.90 Å². The number of thiazole rings is 1. The Hall–Kier alpha value is -2.71. The maximum absolute atomic E-state index is 12.1. The molecule has 0 saturated carbocycles. The van der Waals surface area contributed by atoms with Gasteiger partial charge in [0.1, 0.15) is 0 Å². The lowest BCUT2D eigenvalue weighted by Crippen LogP contribution is -1.95. The fourth-order valence-electron chi connectivity index (χ4n) is 2.63. The number of azo groups is 1. The Morgan fingerprint density at radius 2 is 2.00 bits per heavy atom. The van der Waals surface area contributed by atoms with Crippen molar-refractivity contribution < 1.29 is 9.90 Å². The van der Waals surface area contributed by atoms with Gasteiger partial charge in [-0.05, 0) is 18.2 Å². The number of thioether (sulfide) groups is 1. The van der Waals surface area contributed by atoms with Crippen molar-refractivity contribution in [3.8, 4) is 5.88 Å². The van der Waals surface area contributed by atoms with E-state index in [0.717, 1.165) is 25.5 Å². The standard InChI is InChI=1S/C18H14N4O2S2/c1-22-13-8-4-2-6-11(13)16(17(22)24)21-20-15(23)10-25-18-19-12-7-3-5-9-14(12)26-18/h2-9,24H,10H2,1H3. The van der Waals surface area contributed by atoms with Gasteiger partial charge in [0.05, 0.1) is 21.5 Å². The molecule has 130 valence electrons. The molecule has 0 aliphatic carbocycles. The molecule has 8 heteroatoms. The van der Waals surface area contributed by atoms with Crippen LogP contribution < -0.4 is 0 Å². The molecule has 0 unspecified atom stereocenters. The summed E-state index contributed by atoms with van der Waals surface area (Å²) in [7, 11) is 1.74. The van der Waals surface area contributed by atoms with Crippen molar-refractivity contribution in [2.24, 2.45) is 17.3 Å². The van der Waals surface area contributed by atoms with Gasteiger partial charge >= 0.3 is 0 Å². The van der Waals surface area contributed by atoms with Crippen LogP contribution in [-0.2, 0) is 11.8 Å². The monoisotopic (exact) mass is 382 g/mol. The predicted octanol–water partition coefficient (Wildman–Crippen LogP) is 4.90. The molecule has 0 aliphatic heterocycles. The highest BCUT2D eigenvalue weighted by atomic mass is 32.2. The molecule has 6 nitrogen and oxygen atoms in total. The van der Waals surface area contributed by atoms with Crippen molar-refractivity contribution in [3.05, 3.63) is 48.5 Å². The summed E-state index contributed by atoms with van der Waals surface area (Å²) in [5.41, 5.74) is 2.06. The number of benzene rings is 2. The van der Waals surface area contributed by atoms with Crippen molar-refractivity contribution in [2.45, 2.75) is 4.34 Å². The fraction of sp³-hybridized carbons (Fsp3) is 0.111. The van der Waals surface area contributed by atoms with Crippen LogP contribution in [0.15, 0.2) is 63.1 Å². The lowest BCUT2D eigenvalue weighted by atomic mass is 10.2. The molecule has 0 atom stereocenters. The largest absolute Gasteiger partial charge is 0.493 e. The van der Waals surface area contributed by atoms with E-state index >= 15 is 0 Å². The van der Waals surface area contributed by atoms with Crippen molar-refractivity contribution in [1.82, 2.24) is 9.55 Å². The van der Waals surface area contributed by atoms with Crippen LogP contribution in [0, 0.1) is 0 Å². The van der Waals surface area contributed by atoms with Crippen LogP contribution in [0.1, 0.15) is 0 Å². The van der Waals surface area contributed by atoms with Crippen molar-refractivity contribution >= 4 is 55.8 Å². The molecule has 0 radical (unpaired) electrons. The van der Waals surface area contributed by atoms with Crippen LogP contribution in [-0.4, -0.2) is 26.3 Å². The van der Waals surface area contributed by atoms with E-state index in [1.165, 1.54) is 11.8 Å². The number of para-hydroxylation sites is 2. The van der Waals surface area contributed by atoms with Gasteiger partial charge in [0.15, 0.2) is 10.0 Å². The third kappa shape index (κ3) is 3.09. The van der Waals surface area contributed by atoms with E-state index < -0.39 is 0 Å². The Balaban J connectivity index is 1.49. The molecule has 0 fully saturated rings. The van der Waals surface area contributed by atoms with Gasteiger partial charge in [0.2, 0.25) is 5.88 Å². The Labute approximate surface area is 157 Å². The van der Waals surface area contributed by atoms with Gasteiger partial charge in [0, 0.05) is 12.4 Å². The second kappa shape index (κ2) is 6.89. The molecule has 1 N–H and O–H groups in total. The third-order valence-electron chi connectivity index (χ3n) is 3.90. The van der Waals surface area contributed by atoms with Crippen LogP contribution in [0.25, 0.3) is 21.1 Å². The summed E-state index contributed by atoms with van der Waals surface area (Å²) in [5.74, 6) is -0.238. The van der Waals surface area contributed by atoms with Crippen LogP contribution in [0.4, 0.5) is 5.69 Å². The molecule has 26 heavy (non-hydrogen) atoms. The van der Waals surface area contributed by atoms with E-state index in [1.54, 1.807) is 23.0 Å². The molecule has 0 spiro atoms. The van der Waals surface area contributed by atoms with Gasteiger partial charge in [-0.1, -0.05) is 42.1 Å². The van der Waals surface area contributed by atoms with Gasteiger partial charge < -0.3 is 9.67 Å². The Morgan fingerprint density at radius 3 is 2.85 bits per heavy atom. The van der Waals surface area contributed by atoms with Gasteiger partial charge in [0.25, 0.3) is 5.91 Å². The molecule has 2 aromatic heterocycles. The number of hydrogen-bond acceptors (Lipinski definition) is 6. The number of aromatic nitrogens is 2. The molecule has 4 rings (SSSR count). The van der Waals surface area contributed by atoms with Crippen molar-refractivity contribution in [1.29, 1.82) is 0 Å². The summed E-state index contributed by atoms with van der Waals surface area (Å²) in [6.07, 6.45) is 0. The molecular weight excluding hydrogens is 368 g/mol. The Morgan fingerprint density at radius 1 is 1.23 bits per heavy atom. The third-order valence-corrected chi connectivity index (χ3v) is 6.07. The van der Waals surface area contributed by atoms with Crippen molar-refractivity contribution in [3.63, 3.8) is 0 Å². The van der Waals surface area contributed by atoms with Gasteiger partial charge in [-0.25, -0.2) is 4.98 Å². The average Bonchev–Trinajstić information content (AvgIpc) is 3.18. The summed E-state index contributed by atoms with van der Waals surface area (Å²) < 4.78 is 3.52. The first kappa shape index (κ1) is 16.7. The molecule has 0 bridgehead atoms. The highest BCUT2D eigenvalue weighted by Gasteiger charge is 2.14. The normalized spacial score (nSPS) is 11.7. The highest BCUT2D eigenvalue weighted by Crippen LogP contribution is 2.37. The highest BCUT2D eigenvalue weighted by molar-refractivity contribution is 8.01.